The lowest BCUT2D eigenvalue weighted by Crippen LogP contribution is -2.47. The SMILES string of the molecule is C=C(CC(N)=O)[N+](CC)(CC)CC. The van der Waals surface area contributed by atoms with E-state index in [2.05, 4.69) is 27.4 Å². The zero-order valence-corrected chi connectivity index (χ0v) is 8.97. The van der Waals surface area contributed by atoms with Crippen LogP contribution in [0, 0.1) is 0 Å². The van der Waals surface area contributed by atoms with Gasteiger partial charge in [0.25, 0.3) is 0 Å². The molecule has 0 aliphatic carbocycles. The first-order chi connectivity index (χ1) is 6.02. The van der Waals surface area contributed by atoms with Crippen molar-refractivity contribution in [3.8, 4) is 0 Å². The molecule has 1 amide bonds. The van der Waals surface area contributed by atoms with Gasteiger partial charge in [0.1, 0.15) is 12.1 Å². The third-order valence-electron chi connectivity index (χ3n) is 2.87. The number of carbonyl (C=O) groups is 1. The smallest absolute Gasteiger partial charge is 0.227 e. The van der Waals surface area contributed by atoms with Crippen molar-refractivity contribution in [1.82, 2.24) is 0 Å². The van der Waals surface area contributed by atoms with Gasteiger partial charge in [-0.3, -0.25) is 9.28 Å². The predicted molar refractivity (Wildman–Crippen MR) is 54.8 cm³/mol. The summed E-state index contributed by atoms with van der Waals surface area (Å²) >= 11 is 0. The van der Waals surface area contributed by atoms with E-state index in [9.17, 15) is 4.79 Å². The maximum absolute atomic E-state index is 10.8. The van der Waals surface area contributed by atoms with Crippen LogP contribution in [0.1, 0.15) is 27.2 Å². The fourth-order valence-corrected chi connectivity index (χ4v) is 1.71. The molecule has 2 N–H and O–H groups in total. The minimum atomic E-state index is -0.289. The Labute approximate surface area is 80.8 Å². The third-order valence-corrected chi connectivity index (χ3v) is 2.87. The topological polar surface area (TPSA) is 43.1 Å². The fraction of sp³-hybridized carbons (Fsp3) is 0.700. The summed E-state index contributed by atoms with van der Waals surface area (Å²) in [6.45, 7) is 13.2. The Bertz CT molecular complexity index is 187. The van der Waals surface area contributed by atoms with E-state index >= 15 is 0 Å². The second-order valence-corrected chi connectivity index (χ2v) is 3.30. The van der Waals surface area contributed by atoms with Crippen molar-refractivity contribution in [2.45, 2.75) is 27.2 Å². The van der Waals surface area contributed by atoms with Gasteiger partial charge in [-0.05, 0) is 27.4 Å². The van der Waals surface area contributed by atoms with Crippen LogP contribution in [0.3, 0.4) is 0 Å². The van der Waals surface area contributed by atoms with E-state index < -0.39 is 0 Å². The first-order valence-corrected chi connectivity index (χ1v) is 4.85. The Morgan fingerprint density at radius 3 is 1.85 bits per heavy atom. The molecule has 0 aromatic carbocycles. The predicted octanol–water partition coefficient (Wildman–Crippen LogP) is 1.25. The normalized spacial score (nSPS) is 11.3. The zero-order valence-electron chi connectivity index (χ0n) is 8.97. The summed E-state index contributed by atoms with van der Waals surface area (Å²) in [4.78, 5) is 10.8. The van der Waals surface area contributed by atoms with Gasteiger partial charge in [0.15, 0.2) is 0 Å². The van der Waals surface area contributed by atoms with Crippen LogP contribution in [-0.2, 0) is 4.79 Å². The van der Waals surface area contributed by atoms with Gasteiger partial charge in [0.05, 0.1) is 19.6 Å². The minimum Gasteiger partial charge on any atom is -0.369 e. The summed E-state index contributed by atoms with van der Waals surface area (Å²) in [7, 11) is 0. The molecule has 0 aliphatic rings. The van der Waals surface area contributed by atoms with Crippen molar-refractivity contribution < 1.29 is 9.28 Å². The molecule has 3 heteroatoms. The molecule has 0 saturated heterocycles. The van der Waals surface area contributed by atoms with E-state index in [4.69, 9.17) is 5.73 Å². The first-order valence-electron chi connectivity index (χ1n) is 4.85. The molecule has 0 aromatic rings. The van der Waals surface area contributed by atoms with Crippen LogP contribution < -0.4 is 5.73 Å². The highest BCUT2D eigenvalue weighted by Gasteiger charge is 2.26. The quantitative estimate of drug-likeness (QED) is 0.622. The number of quaternary nitrogens is 1. The van der Waals surface area contributed by atoms with Gasteiger partial charge in [-0.1, -0.05) is 0 Å². The molecule has 0 bridgehead atoms. The van der Waals surface area contributed by atoms with E-state index in [0.29, 0.717) is 6.42 Å². The number of primary amides is 1. The highest BCUT2D eigenvalue weighted by atomic mass is 16.1. The van der Waals surface area contributed by atoms with Crippen LogP contribution in [0.25, 0.3) is 0 Å². The molecule has 13 heavy (non-hydrogen) atoms. The Hall–Kier alpha value is -0.830. The van der Waals surface area contributed by atoms with E-state index in [1.807, 2.05) is 0 Å². The lowest BCUT2D eigenvalue weighted by Gasteiger charge is -2.36. The molecule has 0 aromatic heterocycles. The Morgan fingerprint density at radius 2 is 1.62 bits per heavy atom. The third kappa shape index (κ3) is 2.84. The molecule has 0 rings (SSSR count). The number of rotatable bonds is 6. The van der Waals surface area contributed by atoms with Crippen molar-refractivity contribution in [1.29, 1.82) is 0 Å². The Kier molecular flexibility index (Phi) is 4.70. The van der Waals surface area contributed by atoms with Crippen molar-refractivity contribution in [3.05, 3.63) is 12.3 Å². The van der Waals surface area contributed by atoms with Gasteiger partial charge < -0.3 is 5.73 Å². The molecular weight excluding hydrogens is 164 g/mol. The highest BCUT2D eigenvalue weighted by Crippen LogP contribution is 2.17. The van der Waals surface area contributed by atoms with Crippen LogP contribution in [-0.4, -0.2) is 30.0 Å². The van der Waals surface area contributed by atoms with Crippen molar-refractivity contribution in [2.24, 2.45) is 5.73 Å². The second kappa shape index (κ2) is 5.02. The van der Waals surface area contributed by atoms with Gasteiger partial charge in [-0.2, -0.15) is 0 Å². The monoisotopic (exact) mass is 185 g/mol. The number of nitrogens with two attached hydrogens (primary N) is 1. The van der Waals surface area contributed by atoms with E-state index in [0.717, 1.165) is 29.8 Å². The molecule has 0 heterocycles. The molecule has 0 spiro atoms. The Morgan fingerprint density at radius 1 is 1.23 bits per heavy atom. The summed E-state index contributed by atoms with van der Waals surface area (Å²) in [5, 5.41) is 0. The maximum atomic E-state index is 10.8. The van der Waals surface area contributed by atoms with Gasteiger partial charge in [-0.25, -0.2) is 0 Å². The standard InChI is InChI=1S/C10H20N2O/c1-5-12(6-2,7-3)9(4)8-10(11)13/h4-8H2,1-3H3,(H-,11,13)/p+1. The van der Waals surface area contributed by atoms with Crippen molar-refractivity contribution in [3.63, 3.8) is 0 Å². The number of carbonyl (C=O) groups excluding carboxylic acids is 1. The van der Waals surface area contributed by atoms with Gasteiger partial charge in [0.2, 0.25) is 5.91 Å². The molecule has 0 unspecified atom stereocenters. The maximum Gasteiger partial charge on any atom is 0.227 e. The second-order valence-electron chi connectivity index (χ2n) is 3.30. The number of hydrogen-bond donors (Lipinski definition) is 1. The molecule has 0 atom stereocenters. The molecular formula is C10H21N2O+. The van der Waals surface area contributed by atoms with Crippen LogP contribution in [0.15, 0.2) is 12.3 Å². The molecule has 0 fully saturated rings. The summed E-state index contributed by atoms with van der Waals surface area (Å²) in [5.74, 6) is -0.289. The van der Waals surface area contributed by atoms with Gasteiger partial charge in [0, 0.05) is 0 Å². The lowest BCUT2D eigenvalue weighted by molar-refractivity contribution is -0.887. The fourth-order valence-electron chi connectivity index (χ4n) is 1.71. The molecule has 0 saturated carbocycles. The number of amides is 1. The first kappa shape index (κ1) is 12.2. The van der Waals surface area contributed by atoms with Crippen molar-refractivity contribution >= 4 is 5.91 Å². The van der Waals surface area contributed by atoms with Crippen LogP contribution in [0.5, 0.6) is 0 Å². The summed E-state index contributed by atoms with van der Waals surface area (Å²) < 4.78 is 0.795. The average molecular weight is 185 g/mol. The highest BCUT2D eigenvalue weighted by molar-refractivity contribution is 5.75. The van der Waals surface area contributed by atoms with Gasteiger partial charge >= 0.3 is 0 Å². The number of nitrogens with zero attached hydrogens (tertiary/aromatic N) is 1. The van der Waals surface area contributed by atoms with E-state index in [1.165, 1.54) is 0 Å². The molecule has 0 radical (unpaired) electrons. The van der Waals surface area contributed by atoms with Gasteiger partial charge in [-0.15, -0.1) is 0 Å². The van der Waals surface area contributed by atoms with Crippen LogP contribution in [0.2, 0.25) is 0 Å². The largest absolute Gasteiger partial charge is 0.369 e. The lowest BCUT2D eigenvalue weighted by atomic mass is 10.2. The summed E-state index contributed by atoms with van der Waals surface area (Å²) in [6.07, 6.45) is 0.301. The van der Waals surface area contributed by atoms with Crippen LogP contribution in [0.4, 0.5) is 0 Å². The molecule has 3 nitrogen and oxygen atoms in total. The zero-order chi connectivity index (χ0) is 10.5. The summed E-state index contributed by atoms with van der Waals surface area (Å²) in [5.41, 5.74) is 6.07. The van der Waals surface area contributed by atoms with E-state index in [-0.39, 0.29) is 5.91 Å². The number of hydrogen-bond acceptors (Lipinski definition) is 1. The minimum absolute atomic E-state index is 0.289. The summed E-state index contributed by atoms with van der Waals surface area (Å²) in [6, 6.07) is 0. The van der Waals surface area contributed by atoms with Crippen molar-refractivity contribution in [2.75, 3.05) is 19.6 Å². The average Bonchev–Trinajstić information content (AvgIpc) is 2.07. The molecule has 76 valence electrons. The molecule has 0 aliphatic heterocycles. The van der Waals surface area contributed by atoms with Crippen LogP contribution >= 0.6 is 0 Å². The van der Waals surface area contributed by atoms with E-state index in [1.54, 1.807) is 0 Å². The Balaban J connectivity index is 4.53.